The van der Waals surface area contributed by atoms with Crippen LogP contribution in [-0.2, 0) is 27.7 Å². The first-order valence-electron chi connectivity index (χ1n) is 11.3. The van der Waals surface area contributed by atoms with Gasteiger partial charge in [-0.3, -0.25) is 4.79 Å². The number of aryl methyl sites for hydroxylation is 1. The number of anilines is 1. The van der Waals surface area contributed by atoms with Crippen LogP contribution in [0.15, 0.2) is 46.0 Å². The number of piperidine rings is 1. The Hall–Kier alpha value is -2.60. The molecule has 4 heterocycles. The zero-order valence-corrected chi connectivity index (χ0v) is 20.8. The molecule has 6 rings (SSSR count). The number of sulfonamides is 1. The third kappa shape index (κ3) is 3.76. The number of carbonyl (C=O) groups excluding carboxylic acids is 1. The average Bonchev–Trinajstić information content (AvgIpc) is 3.63. The first-order valence-corrected chi connectivity index (χ1v) is 14.5. The molecular weight excluding hydrogens is 490 g/mol. The third-order valence-corrected chi connectivity index (χ3v) is 10.8. The van der Waals surface area contributed by atoms with Crippen LogP contribution in [0, 0.1) is 5.92 Å². The van der Waals surface area contributed by atoms with Crippen LogP contribution < -0.4 is 5.32 Å². The van der Waals surface area contributed by atoms with Crippen LogP contribution in [0.4, 0.5) is 5.82 Å². The molecule has 0 unspecified atom stereocenters. The van der Waals surface area contributed by atoms with E-state index in [1.54, 1.807) is 33.5 Å². The number of rotatable bonds is 5. The summed E-state index contributed by atoms with van der Waals surface area (Å²) in [5.41, 5.74) is 3.02. The SMILES string of the molecule is O=C(Nc1c2c(nn1-c1nc3ccccc3s1)CCC2)C1CCN(S(=O)(=O)c2cccs2)CC1. The van der Waals surface area contributed by atoms with Crippen LogP contribution in [0.1, 0.15) is 30.5 Å². The van der Waals surface area contributed by atoms with Gasteiger partial charge in [0.2, 0.25) is 11.0 Å². The maximum absolute atomic E-state index is 13.3. The summed E-state index contributed by atoms with van der Waals surface area (Å²) in [6, 6.07) is 11.3. The smallest absolute Gasteiger partial charge is 0.252 e. The molecule has 0 spiro atoms. The molecular formula is C23H23N5O3S3. The summed E-state index contributed by atoms with van der Waals surface area (Å²) in [7, 11) is -3.48. The van der Waals surface area contributed by atoms with Crippen molar-refractivity contribution >= 4 is 54.6 Å². The number of para-hydroxylation sites is 1. The van der Waals surface area contributed by atoms with Crippen molar-refractivity contribution in [2.75, 3.05) is 18.4 Å². The summed E-state index contributed by atoms with van der Waals surface area (Å²) in [6.07, 6.45) is 3.80. The fraction of sp³-hybridized carbons (Fsp3) is 0.348. The summed E-state index contributed by atoms with van der Waals surface area (Å²) < 4.78 is 30.3. The molecule has 1 amide bonds. The number of carbonyl (C=O) groups is 1. The number of benzene rings is 1. The second-order valence-corrected chi connectivity index (χ2v) is 12.7. The third-order valence-electron chi connectivity index (χ3n) is 6.53. The first-order chi connectivity index (χ1) is 16.5. The number of hydrogen-bond donors (Lipinski definition) is 1. The summed E-state index contributed by atoms with van der Waals surface area (Å²) >= 11 is 2.77. The molecule has 3 aromatic heterocycles. The Kier molecular flexibility index (Phi) is 5.51. The summed E-state index contributed by atoms with van der Waals surface area (Å²) in [5, 5.41) is 10.4. The predicted octanol–water partition coefficient (Wildman–Crippen LogP) is 4.07. The normalized spacial score (nSPS) is 17.3. The molecule has 1 aliphatic carbocycles. The average molecular weight is 514 g/mol. The highest BCUT2D eigenvalue weighted by molar-refractivity contribution is 7.91. The van der Waals surface area contributed by atoms with E-state index in [2.05, 4.69) is 5.32 Å². The molecule has 176 valence electrons. The largest absolute Gasteiger partial charge is 0.310 e. The van der Waals surface area contributed by atoms with Crippen molar-refractivity contribution in [3.63, 3.8) is 0 Å². The van der Waals surface area contributed by atoms with E-state index in [0.717, 1.165) is 45.9 Å². The molecule has 1 fully saturated rings. The monoisotopic (exact) mass is 513 g/mol. The molecule has 0 atom stereocenters. The van der Waals surface area contributed by atoms with Gasteiger partial charge in [-0.2, -0.15) is 14.1 Å². The van der Waals surface area contributed by atoms with Gasteiger partial charge in [0.15, 0.2) is 0 Å². The molecule has 1 saturated heterocycles. The van der Waals surface area contributed by atoms with Gasteiger partial charge in [0.05, 0.1) is 15.9 Å². The summed E-state index contributed by atoms with van der Waals surface area (Å²) in [6.45, 7) is 0.682. The molecule has 2 aliphatic rings. The Labute approximate surface area is 205 Å². The lowest BCUT2D eigenvalue weighted by Gasteiger charge is -2.30. The predicted molar refractivity (Wildman–Crippen MR) is 133 cm³/mol. The van der Waals surface area contributed by atoms with E-state index in [1.807, 2.05) is 24.3 Å². The number of fused-ring (bicyclic) bond motifs is 2. The highest BCUT2D eigenvalue weighted by Gasteiger charge is 2.34. The number of hydrogen-bond acceptors (Lipinski definition) is 7. The Bertz CT molecular complexity index is 1430. The maximum Gasteiger partial charge on any atom is 0.252 e. The van der Waals surface area contributed by atoms with E-state index in [1.165, 1.54) is 15.6 Å². The molecule has 8 nitrogen and oxygen atoms in total. The molecule has 11 heteroatoms. The molecule has 0 radical (unpaired) electrons. The molecule has 1 aliphatic heterocycles. The highest BCUT2D eigenvalue weighted by atomic mass is 32.2. The second-order valence-electron chi connectivity index (χ2n) is 8.60. The van der Waals surface area contributed by atoms with Gasteiger partial charge < -0.3 is 5.32 Å². The lowest BCUT2D eigenvalue weighted by atomic mass is 9.97. The van der Waals surface area contributed by atoms with Gasteiger partial charge >= 0.3 is 0 Å². The number of nitrogens with one attached hydrogen (secondary N) is 1. The van der Waals surface area contributed by atoms with E-state index in [9.17, 15) is 13.2 Å². The standard InChI is InChI=1S/C23H23N5O3S3/c29-22(15-10-12-27(13-11-15)34(30,31)20-9-4-14-32-20)25-21-16-5-3-7-17(16)26-28(21)23-24-18-6-1-2-8-19(18)33-23/h1-2,4,6,8-9,14-15H,3,5,7,10-13H2,(H,25,29). The van der Waals surface area contributed by atoms with Crippen molar-refractivity contribution in [1.82, 2.24) is 19.1 Å². The summed E-state index contributed by atoms with van der Waals surface area (Å²) in [5.74, 6) is 0.390. The van der Waals surface area contributed by atoms with Crippen molar-refractivity contribution in [2.24, 2.45) is 5.92 Å². The molecule has 4 aromatic rings. The van der Waals surface area contributed by atoms with Crippen molar-refractivity contribution in [3.8, 4) is 5.13 Å². The molecule has 34 heavy (non-hydrogen) atoms. The van der Waals surface area contributed by atoms with Gasteiger partial charge in [-0.25, -0.2) is 13.4 Å². The minimum absolute atomic E-state index is 0.0786. The van der Waals surface area contributed by atoms with Gasteiger partial charge in [-0.1, -0.05) is 29.5 Å². The van der Waals surface area contributed by atoms with E-state index in [4.69, 9.17) is 10.1 Å². The molecule has 1 N–H and O–H groups in total. The van der Waals surface area contributed by atoms with Crippen LogP contribution in [0.5, 0.6) is 0 Å². The highest BCUT2D eigenvalue weighted by Crippen LogP contribution is 2.34. The Balaban J connectivity index is 1.22. The molecule has 0 saturated carbocycles. The fourth-order valence-electron chi connectivity index (χ4n) is 4.72. The van der Waals surface area contributed by atoms with Crippen molar-refractivity contribution in [2.45, 2.75) is 36.3 Å². The molecule has 0 bridgehead atoms. The maximum atomic E-state index is 13.3. The van der Waals surface area contributed by atoms with Crippen LogP contribution >= 0.6 is 22.7 Å². The van der Waals surface area contributed by atoms with Crippen LogP contribution in [0.3, 0.4) is 0 Å². The van der Waals surface area contributed by atoms with Crippen LogP contribution in [-0.4, -0.2) is 46.5 Å². The Morgan fingerprint density at radius 3 is 2.68 bits per heavy atom. The van der Waals surface area contributed by atoms with Crippen molar-refractivity contribution < 1.29 is 13.2 Å². The minimum atomic E-state index is -3.48. The van der Waals surface area contributed by atoms with Gasteiger partial charge in [0, 0.05) is 24.6 Å². The number of aromatic nitrogens is 3. The second kappa shape index (κ2) is 8.56. The van der Waals surface area contributed by atoms with Crippen molar-refractivity contribution in [1.29, 1.82) is 0 Å². The van der Waals surface area contributed by atoms with E-state index >= 15 is 0 Å². The Morgan fingerprint density at radius 1 is 1.09 bits per heavy atom. The quantitative estimate of drug-likeness (QED) is 0.434. The topological polar surface area (TPSA) is 97.2 Å². The number of thiazole rings is 1. The summed E-state index contributed by atoms with van der Waals surface area (Å²) in [4.78, 5) is 18.0. The zero-order valence-electron chi connectivity index (χ0n) is 18.3. The molecule has 1 aromatic carbocycles. The van der Waals surface area contributed by atoms with Gasteiger partial charge in [0.1, 0.15) is 10.0 Å². The lowest BCUT2D eigenvalue weighted by Crippen LogP contribution is -2.41. The lowest BCUT2D eigenvalue weighted by molar-refractivity contribution is -0.121. The Morgan fingerprint density at radius 2 is 1.91 bits per heavy atom. The van der Waals surface area contributed by atoms with Gasteiger partial charge in [0.25, 0.3) is 10.0 Å². The van der Waals surface area contributed by atoms with Crippen LogP contribution in [0.25, 0.3) is 15.3 Å². The fourth-order valence-corrected chi connectivity index (χ4v) is 8.26. The zero-order chi connectivity index (χ0) is 23.3. The van der Waals surface area contributed by atoms with Crippen LogP contribution in [0.2, 0.25) is 0 Å². The van der Waals surface area contributed by atoms with E-state index in [-0.39, 0.29) is 11.8 Å². The van der Waals surface area contributed by atoms with E-state index < -0.39 is 10.0 Å². The van der Waals surface area contributed by atoms with Gasteiger partial charge in [-0.15, -0.1) is 11.3 Å². The van der Waals surface area contributed by atoms with E-state index in [0.29, 0.717) is 36.0 Å². The van der Waals surface area contributed by atoms with Crippen molar-refractivity contribution in [3.05, 3.63) is 53.0 Å². The van der Waals surface area contributed by atoms with Gasteiger partial charge in [-0.05, 0) is 55.7 Å². The number of amides is 1. The first kappa shape index (κ1) is 21.9. The number of nitrogens with zero attached hydrogens (tertiary/aromatic N) is 4. The minimum Gasteiger partial charge on any atom is -0.310 e. The number of thiophene rings is 1.